The molecule has 0 aromatic rings. The Hall–Kier alpha value is 0.788. The third-order valence-corrected chi connectivity index (χ3v) is 3.34. The minimum Gasteiger partial charge on any atom is -0.0395 e. The minimum atomic E-state index is -6.28. The summed E-state index contributed by atoms with van der Waals surface area (Å²) in [6.07, 6.45) is 0. The Morgan fingerprint density at radius 3 is 1.70 bits per heavy atom. The van der Waals surface area contributed by atoms with E-state index in [0.717, 1.165) is 0 Å². The normalized spacial score (nSPS) is 12.3. The molecule has 0 heterocycles. The number of phosphoric acid groups is 1. The Morgan fingerprint density at radius 2 is 1.70 bits per heavy atom. The molecule has 1 atom stereocenters. The average Bonchev–Trinajstić information content (AvgIpc) is 1.14. The summed E-state index contributed by atoms with van der Waals surface area (Å²) in [7, 11) is -5.14. The summed E-state index contributed by atoms with van der Waals surface area (Å²) in [5.74, 6) is 0. The van der Waals surface area contributed by atoms with Gasteiger partial charge in [0.15, 0.2) is 0 Å². The molecule has 0 aliphatic rings. The van der Waals surface area contributed by atoms with Crippen LogP contribution in [0.1, 0.15) is 0 Å². The number of rotatable bonds is 2. The van der Waals surface area contributed by atoms with E-state index in [1.165, 1.54) is 0 Å². The van der Waals surface area contributed by atoms with Crippen molar-refractivity contribution in [2.45, 2.75) is 0 Å². The van der Waals surface area contributed by atoms with Crippen LogP contribution >= 0.6 is 17.7 Å². The van der Waals surface area contributed by atoms with E-state index in [0.29, 0.717) is 0 Å². The zero-order valence-corrected chi connectivity index (χ0v) is 9.69. The molecule has 0 aliphatic heterocycles. The van der Waals surface area contributed by atoms with Crippen LogP contribution in [-0.2, 0) is 31.3 Å². The van der Waals surface area contributed by atoms with Crippen molar-refractivity contribution in [1.82, 2.24) is 0 Å². The van der Waals surface area contributed by atoms with Crippen molar-refractivity contribution in [2.75, 3.05) is 0 Å². The van der Waals surface area contributed by atoms with E-state index in [4.69, 9.17) is 9.79 Å². The summed E-state index contributed by atoms with van der Waals surface area (Å²) in [6.45, 7) is 0. The van der Waals surface area contributed by atoms with E-state index in [1.54, 1.807) is 0 Å². The van der Waals surface area contributed by atoms with Gasteiger partial charge in [0.05, 0.1) is 0 Å². The molecule has 0 fully saturated rings. The van der Waals surface area contributed by atoms with Gasteiger partial charge >= 0.3 is 52.7 Å². The van der Waals surface area contributed by atoms with Crippen molar-refractivity contribution in [1.29, 1.82) is 0 Å². The van der Waals surface area contributed by atoms with Crippen molar-refractivity contribution >= 4 is 17.7 Å². The van der Waals surface area contributed by atoms with Crippen molar-refractivity contribution in [2.24, 2.45) is 0 Å². The third kappa shape index (κ3) is 11.6. The van der Waals surface area contributed by atoms with Gasteiger partial charge in [0, 0.05) is 0 Å². The largest absolute Gasteiger partial charge is 0.0395 e. The smallest absolute Gasteiger partial charge is 0.0395 e. The Bertz CT molecular complexity index is 218. The predicted octanol–water partition coefficient (Wildman–Crippen LogP) is -2.08. The SMILES string of the molecule is O=P(O)(O)[O][Mo](=[O])(=[O])[O-].[PH4+]. The molecule has 0 rings (SSSR count). The molecule has 0 saturated carbocycles. The fraction of sp³-hybridized carbons (Fsp3) is 0. The van der Waals surface area contributed by atoms with Gasteiger partial charge in [-0.15, -0.1) is 0 Å². The molecule has 0 spiro atoms. The Balaban J connectivity index is 0. The monoisotopic (exact) mass is 278 g/mol. The number of hydrogen-bond acceptors (Lipinski definition) is 5. The van der Waals surface area contributed by atoms with Gasteiger partial charge in [-0.1, -0.05) is 0 Å². The maximum Gasteiger partial charge on any atom is -0.0395 e. The zero-order valence-electron chi connectivity index (χ0n) is 4.79. The third-order valence-electron chi connectivity index (χ3n) is 0.188. The van der Waals surface area contributed by atoms with Crippen molar-refractivity contribution in [3.05, 3.63) is 0 Å². The second-order valence-electron chi connectivity index (χ2n) is 0.973. The summed E-state index contributed by atoms with van der Waals surface area (Å²) in [6, 6.07) is 0. The van der Waals surface area contributed by atoms with E-state index in [-0.39, 0.29) is 9.90 Å². The molecule has 0 aromatic heterocycles. The molecule has 2 N–H and O–H groups in total. The molecule has 0 radical (unpaired) electrons. The summed E-state index contributed by atoms with van der Waals surface area (Å²) in [4.78, 5) is 15.4. The van der Waals surface area contributed by atoms with Crippen molar-refractivity contribution in [3.63, 3.8) is 0 Å². The van der Waals surface area contributed by atoms with Gasteiger partial charge in [0.25, 0.3) is 0 Å². The van der Waals surface area contributed by atoms with Gasteiger partial charge in [-0.3, -0.25) is 0 Å². The molecule has 0 aliphatic carbocycles. The minimum absolute atomic E-state index is 0. The summed E-state index contributed by atoms with van der Waals surface area (Å²) >= 11 is -6.28. The van der Waals surface area contributed by atoms with Crippen LogP contribution in [-0.4, -0.2) is 9.79 Å². The van der Waals surface area contributed by atoms with Gasteiger partial charge in [-0.2, -0.15) is 0 Å². The molecule has 1 unspecified atom stereocenters. The molecule has 0 saturated heterocycles. The van der Waals surface area contributed by atoms with Crippen LogP contribution in [0.15, 0.2) is 0 Å². The van der Waals surface area contributed by atoms with Gasteiger partial charge in [0.1, 0.15) is 0 Å². The molecular weight excluding hydrogens is 270 g/mol. The quantitative estimate of drug-likeness (QED) is 0.438. The van der Waals surface area contributed by atoms with Gasteiger partial charge in [0.2, 0.25) is 0 Å². The predicted molar refractivity (Wildman–Crippen MR) is 27.0 cm³/mol. The maximum atomic E-state index is 9.57. The Labute approximate surface area is 63.0 Å². The summed E-state index contributed by atoms with van der Waals surface area (Å²) < 4.78 is 40.8. The van der Waals surface area contributed by atoms with E-state index < -0.39 is 24.6 Å². The van der Waals surface area contributed by atoms with Crippen LogP contribution < -0.4 is 3.76 Å². The zero-order chi connectivity index (χ0) is 7.71. The summed E-state index contributed by atoms with van der Waals surface area (Å²) in [5, 5.41) is 0. The van der Waals surface area contributed by atoms with E-state index in [1.807, 2.05) is 0 Å². The van der Waals surface area contributed by atoms with Crippen LogP contribution in [0, 0.1) is 0 Å². The second kappa shape index (κ2) is 3.98. The van der Waals surface area contributed by atoms with Crippen molar-refractivity contribution < 1.29 is 44.8 Å². The standard InChI is InChI=1S/Mo.H3O4P.3O.H3P/c;1-5(2,3)4;;;;/h;(H3,1,2,3,4);;;;1H3/q+1;;;;-1;. The van der Waals surface area contributed by atoms with Gasteiger partial charge in [-0.25, -0.2) is 0 Å². The average molecular weight is 276 g/mol. The first kappa shape index (κ1) is 13.4. The molecule has 0 aromatic carbocycles. The molecule has 0 amide bonds. The first-order valence-electron chi connectivity index (χ1n) is 1.43. The first-order chi connectivity index (χ1) is 3.71. The maximum absolute atomic E-state index is 9.57. The van der Waals surface area contributed by atoms with Gasteiger partial charge in [-0.05, 0) is 9.90 Å². The van der Waals surface area contributed by atoms with Crippen LogP contribution in [0.5, 0.6) is 0 Å². The molecule has 64 valence electrons. The van der Waals surface area contributed by atoms with E-state index in [9.17, 15) is 15.1 Å². The van der Waals surface area contributed by atoms with Crippen molar-refractivity contribution in [3.8, 4) is 0 Å². The molecule has 10 heavy (non-hydrogen) atoms. The fourth-order valence-corrected chi connectivity index (χ4v) is 2.11. The van der Waals surface area contributed by atoms with Crippen LogP contribution in [0.3, 0.4) is 0 Å². The summed E-state index contributed by atoms with van der Waals surface area (Å²) in [5.41, 5.74) is 0. The second-order valence-corrected chi connectivity index (χ2v) is 5.21. The van der Waals surface area contributed by atoms with Crippen LogP contribution in [0.4, 0.5) is 0 Å². The van der Waals surface area contributed by atoms with Crippen LogP contribution in [0.25, 0.3) is 0 Å². The van der Waals surface area contributed by atoms with Crippen LogP contribution in [0.2, 0.25) is 0 Å². The van der Waals surface area contributed by atoms with E-state index >= 15 is 0 Å². The van der Waals surface area contributed by atoms with Gasteiger partial charge < -0.3 is 0 Å². The topological polar surface area (TPSA) is 124 Å². The molecule has 0 bridgehead atoms. The fourth-order valence-electron chi connectivity index (χ4n) is 0.119. The Morgan fingerprint density at radius 1 is 1.40 bits per heavy atom. The molecule has 10 heteroatoms. The Kier molecular flexibility index (Phi) is 5.32. The van der Waals surface area contributed by atoms with E-state index in [2.05, 4.69) is 3.18 Å². The molecular formula is H6MoO7P2. The molecule has 7 nitrogen and oxygen atoms in total. The first-order valence-corrected chi connectivity index (χ1v) is 6.24. The number of hydrogen-bond donors (Lipinski definition) is 2.